The van der Waals surface area contributed by atoms with Gasteiger partial charge in [-0.25, -0.2) is 0 Å². The Kier molecular flexibility index (Phi) is 9.39. The molecule has 0 spiro atoms. The fourth-order valence-corrected chi connectivity index (χ4v) is 3.25. The van der Waals surface area contributed by atoms with Gasteiger partial charge in [-0.05, 0) is 37.1 Å². The minimum atomic E-state index is -0.439. The number of hydrogen-bond donors (Lipinski definition) is 2. The predicted molar refractivity (Wildman–Crippen MR) is 117 cm³/mol. The second kappa shape index (κ2) is 11.0. The summed E-state index contributed by atoms with van der Waals surface area (Å²) in [5.41, 5.74) is 10.8. The van der Waals surface area contributed by atoms with Gasteiger partial charge < -0.3 is 25.0 Å². The van der Waals surface area contributed by atoms with Gasteiger partial charge in [0.15, 0.2) is 0 Å². The molecule has 0 bridgehead atoms. The molecule has 1 unspecified atom stereocenters. The normalized spacial score (nSPS) is 14.7. The highest BCUT2D eigenvalue weighted by Crippen LogP contribution is 2.30. The van der Waals surface area contributed by atoms with Crippen molar-refractivity contribution in [2.45, 2.75) is 47.1 Å². The zero-order valence-corrected chi connectivity index (χ0v) is 17.9. The number of benzene rings is 1. The molecule has 2 aromatic rings. The minimum absolute atomic E-state index is 0.0331. The number of rotatable bonds is 4. The quantitative estimate of drug-likeness (QED) is 0.781. The van der Waals surface area contributed by atoms with Crippen molar-refractivity contribution in [1.82, 2.24) is 4.57 Å². The third-order valence-corrected chi connectivity index (χ3v) is 4.83. The zero-order chi connectivity index (χ0) is 20.6. The van der Waals surface area contributed by atoms with Gasteiger partial charge >= 0.3 is 0 Å². The van der Waals surface area contributed by atoms with E-state index in [4.69, 9.17) is 10.5 Å². The lowest BCUT2D eigenvalue weighted by molar-refractivity contribution is 0.122. The fourth-order valence-electron chi connectivity index (χ4n) is 3.25. The molecule has 152 valence electrons. The number of morpholine rings is 1. The van der Waals surface area contributed by atoms with Crippen molar-refractivity contribution in [3.8, 4) is 0 Å². The Hall–Kier alpha value is -1.98. The van der Waals surface area contributed by atoms with Crippen LogP contribution in [0.5, 0.6) is 0 Å². The smallest absolute Gasteiger partial charge is 0.102 e. The van der Waals surface area contributed by atoms with Crippen molar-refractivity contribution in [3.05, 3.63) is 41.8 Å². The summed E-state index contributed by atoms with van der Waals surface area (Å²) >= 11 is 0. The molecule has 0 radical (unpaired) electrons. The van der Waals surface area contributed by atoms with E-state index >= 15 is 0 Å². The SMILES string of the molecule is C=C(O)C(N)Cc1c(C)n(C)c2ccc(N3CCOCC3)cc12.CC.CC. The molecular formula is C22H37N3O2. The highest BCUT2D eigenvalue weighted by atomic mass is 16.5. The van der Waals surface area contributed by atoms with Crippen LogP contribution in [0.1, 0.15) is 39.0 Å². The van der Waals surface area contributed by atoms with Gasteiger partial charge in [-0.2, -0.15) is 0 Å². The monoisotopic (exact) mass is 375 g/mol. The first-order valence-electron chi connectivity index (χ1n) is 10.0. The third-order valence-electron chi connectivity index (χ3n) is 4.83. The molecule has 1 saturated heterocycles. The van der Waals surface area contributed by atoms with E-state index in [1.54, 1.807) is 0 Å². The Morgan fingerprint density at radius 3 is 2.37 bits per heavy atom. The highest BCUT2D eigenvalue weighted by molar-refractivity contribution is 5.88. The number of aliphatic hydroxyl groups excluding tert-OH is 1. The number of nitrogens with zero attached hydrogens (tertiary/aromatic N) is 2. The van der Waals surface area contributed by atoms with Crippen LogP contribution in [0.4, 0.5) is 5.69 Å². The Bertz CT molecular complexity index is 731. The summed E-state index contributed by atoms with van der Waals surface area (Å²) in [5.74, 6) is 0.0331. The summed E-state index contributed by atoms with van der Waals surface area (Å²) in [6, 6.07) is 6.12. The van der Waals surface area contributed by atoms with E-state index in [2.05, 4.69) is 48.2 Å². The molecule has 5 heteroatoms. The molecule has 0 aliphatic carbocycles. The molecule has 0 saturated carbocycles. The largest absolute Gasteiger partial charge is 0.511 e. The standard InChI is InChI=1S/C18H25N3O2.2C2H6/c1-12-15(11-17(19)13(2)22)16-10-14(4-5-18(16)20(12)3)21-6-8-23-9-7-21;2*1-2/h4-5,10,17,22H,2,6-9,11,19H2,1,3H3;2*1-2H3. The van der Waals surface area contributed by atoms with Crippen LogP contribution in [0.2, 0.25) is 0 Å². The Balaban J connectivity index is 0.000000855. The van der Waals surface area contributed by atoms with E-state index in [9.17, 15) is 5.11 Å². The molecule has 5 nitrogen and oxygen atoms in total. The summed E-state index contributed by atoms with van der Waals surface area (Å²) in [6.07, 6.45) is 0.588. The number of nitrogens with two attached hydrogens (primary N) is 1. The maximum atomic E-state index is 9.56. The molecule has 1 fully saturated rings. The highest BCUT2D eigenvalue weighted by Gasteiger charge is 2.18. The molecular weight excluding hydrogens is 338 g/mol. The molecule has 3 N–H and O–H groups in total. The van der Waals surface area contributed by atoms with Crippen molar-refractivity contribution in [1.29, 1.82) is 0 Å². The second-order valence-electron chi connectivity index (χ2n) is 6.23. The molecule has 0 amide bonds. The molecule has 3 rings (SSSR count). The number of ether oxygens (including phenoxy) is 1. The minimum Gasteiger partial charge on any atom is -0.511 e. The Labute approximate surface area is 164 Å². The molecule has 27 heavy (non-hydrogen) atoms. The van der Waals surface area contributed by atoms with Gasteiger partial charge in [0.05, 0.1) is 19.3 Å². The summed E-state index contributed by atoms with van der Waals surface area (Å²) < 4.78 is 7.62. The van der Waals surface area contributed by atoms with Gasteiger partial charge in [0, 0.05) is 42.4 Å². The van der Waals surface area contributed by atoms with Crippen LogP contribution in [0.3, 0.4) is 0 Å². The van der Waals surface area contributed by atoms with Crippen LogP contribution < -0.4 is 10.6 Å². The van der Waals surface area contributed by atoms with Crippen molar-refractivity contribution in [2.75, 3.05) is 31.2 Å². The number of aryl methyl sites for hydroxylation is 1. The van der Waals surface area contributed by atoms with Crippen LogP contribution >= 0.6 is 0 Å². The van der Waals surface area contributed by atoms with Crippen LogP contribution in [0.25, 0.3) is 10.9 Å². The van der Waals surface area contributed by atoms with Gasteiger partial charge in [0.25, 0.3) is 0 Å². The van der Waals surface area contributed by atoms with Gasteiger partial charge in [0.1, 0.15) is 5.76 Å². The Morgan fingerprint density at radius 1 is 1.22 bits per heavy atom. The van der Waals surface area contributed by atoms with Gasteiger partial charge in [-0.3, -0.25) is 0 Å². The molecule has 1 aromatic heterocycles. The first-order valence-corrected chi connectivity index (χ1v) is 10.0. The number of fused-ring (bicyclic) bond motifs is 1. The summed E-state index contributed by atoms with van der Waals surface area (Å²) in [6.45, 7) is 17.0. The molecule has 2 heterocycles. The van der Waals surface area contributed by atoms with E-state index < -0.39 is 6.04 Å². The lowest BCUT2D eigenvalue weighted by atomic mass is 10.0. The number of aliphatic hydroxyl groups is 1. The van der Waals surface area contributed by atoms with E-state index in [-0.39, 0.29) is 5.76 Å². The average Bonchev–Trinajstić information content (AvgIpc) is 2.96. The van der Waals surface area contributed by atoms with E-state index in [0.29, 0.717) is 6.42 Å². The topological polar surface area (TPSA) is 63.7 Å². The van der Waals surface area contributed by atoms with Gasteiger partial charge in [0.2, 0.25) is 0 Å². The first kappa shape index (κ1) is 23.1. The van der Waals surface area contributed by atoms with Crippen LogP contribution in [-0.4, -0.2) is 42.0 Å². The average molecular weight is 376 g/mol. The van der Waals surface area contributed by atoms with Crippen LogP contribution in [0, 0.1) is 6.92 Å². The number of anilines is 1. The van der Waals surface area contributed by atoms with Crippen molar-refractivity contribution in [2.24, 2.45) is 12.8 Å². The van der Waals surface area contributed by atoms with E-state index in [1.165, 1.54) is 27.8 Å². The lowest BCUT2D eigenvalue weighted by Crippen LogP contribution is -2.36. The predicted octanol–water partition coefficient (Wildman–Crippen LogP) is 4.32. The van der Waals surface area contributed by atoms with Crippen molar-refractivity contribution < 1.29 is 9.84 Å². The third kappa shape index (κ3) is 5.27. The molecule has 1 aliphatic rings. The van der Waals surface area contributed by atoms with Crippen LogP contribution in [0.15, 0.2) is 30.5 Å². The fraction of sp³-hybridized carbons (Fsp3) is 0.545. The number of hydrogen-bond acceptors (Lipinski definition) is 4. The van der Waals surface area contributed by atoms with E-state index in [0.717, 1.165) is 26.3 Å². The first-order chi connectivity index (χ1) is 13.0. The van der Waals surface area contributed by atoms with Crippen molar-refractivity contribution >= 4 is 16.6 Å². The maximum absolute atomic E-state index is 9.56. The van der Waals surface area contributed by atoms with E-state index in [1.807, 2.05) is 27.7 Å². The maximum Gasteiger partial charge on any atom is 0.102 e. The summed E-state index contributed by atoms with van der Waals surface area (Å²) in [7, 11) is 2.06. The zero-order valence-electron chi connectivity index (χ0n) is 17.9. The van der Waals surface area contributed by atoms with Crippen LogP contribution in [-0.2, 0) is 18.2 Å². The summed E-state index contributed by atoms with van der Waals surface area (Å²) in [5, 5.41) is 10.8. The number of aromatic nitrogens is 1. The summed E-state index contributed by atoms with van der Waals surface area (Å²) in [4.78, 5) is 2.35. The molecule has 1 aliphatic heterocycles. The molecule has 1 atom stereocenters. The van der Waals surface area contributed by atoms with Crippen molar-refractivity contribution in [3.63, 3.8) is 0 Å². The van der Waals surface area contributed by atoms with Gasteiger partial charge in [-0.1, -0.05) is 34.3 Å². The Morgan fingerprint density at radius 2 is 1.81 bits per heavy atom. The second-order valence-corrected chi connectivity index (χ2v) is 6.23. The molecule has 1 aromatic carbocycles. The lowest BCUT2D eigenvalue weighted by Gasteiger charge is -2.29. The van der Waals surface area contributed by atoms with Gasteiger partial charge in [-0.15, -0.1) is 0 Å².